The van der Waals surface area contributed by atoms with Gasteiger partial charge in [0.1, 0.15) is 6.20 Å². The molecule has 0 aromatic carbocycles. The van der Waals surface area contributed by atoms with Gasteiger partial charge in [0.25, 0.3) is 0 Å². The number of rotatable bonds is 6. The van der Waals surface area contributed by atoms with E-state index < -0.39 is 0 Å². The summed E-state index contributed by atoms with van der Waals surface area (Å²) in [6.45, 7) is 11.8. The fraction of sp³-hybridized carbons (Fsp3) is 0.692. The first kappa shape index (κ1) is 12.3. The minimum Gasteiger partial charge on any atom is -0.326 e. The van der Waals surface area contributed by atoms with E-state index in [-0.39, 0.29) is 0 Å². The zero-order chi connectivity index (χ0) is 11.3. The highest BCUT2D eigenvalue weighted by molar-refractivity contribution is 4.82. The Labute approximate surface area is 94.5 Å². The average Bonchev–Trinajstić information content (AvgIpc) is 2.55. The zero-order valence-electron chi connectivity index (χ0n) is 10.4. The molecule has 1 atom stereocenters. The van der Waals surface area contributed by atoms with Crippen LogP contribution in [0.2, 0.25) is 0 Å². The van der Waals surface area contributed by atoms with Crippen LogP contribution in [0.1, 0.15) is 26.7 Å². The van der Waals surface area contributed by atoms with Gasteiger partial charge in [0.05, 0.1) is 19.8 Å². The van der Waals surface area contributed by atoms with Gasteiger partial charge in [-0.1, -0.05) is 19.9 Å². The fourth-order valence-corrected chi connectivity index (χ4v) is 1.87. The Bertz CT molecular complexity index is 233. The highest BCUT2D eigenvalue weighted by atomic mass is 15.5. The molecule has 2 nitrogen and oxygen atoms in total. The molecular weight excluding hydrogens is 184 g/mol. The van der Waals surface area contributed by atoms with Crippen LogP contribution in [0.25, 0.3) is 0 Å². The van der Waals surface area contributed by atoms with Crippen molar-refractivity contribution in [3.05, 3.63) is 25.1 Å². The van der Waals surface area contributed by atoms with E-state index in [9.17, 15) is 0 Å². The van der Waals surface area contributed by atoms with Crippen LogP contribution in [0.3, 0.4) is 0 Å². The third-order valence-electron chi connectivity index (χ3n) is 2.98. The van der Waals surface area contributed by atoms with Gasteiger partial charge < -0.3 is 4.90 Å². The normalized spacial score (nSPS) is 25.2. The Kier molecular flexibility index (Phi) is 4.40. The Morgan fingerprint density at radius 1 is 1.53 bits per heavy atom. The van der Waals surface area contributed by atoms with Crippen molar-refractivity contribution in [2.75, 3.05) is 26.8 Å². The van der Waals surface area contributed by atoms with Crippen LogP contribution in [0.15, 0.2) is 25.1 Å². The fourth-order valence-electron chi connectivity index (χ4n) is 1.87. The number of nitrogens with zero attached hydrogens (tertiary/aromatic N) is 2. The second-order valence-corrected chi connectivity index (χ2v) is 5.21. The molecule has 0 N–H and O–H groups in total. The van der Waals surface area contributed by atoms with E-state index in [0.717, 1.165) is 30.0 Å². The first-order valence-electron chi connectivity index (χ1n) is 5.94. The van der Waals surface area contributed by atoms with Gasteiger partial charge in [0, 0.05) is 13.0 Å². The molecule has 15 heavy (non-hydrogen) atoms. The first-order valence-corrected chi connectivity index (χ1v) is 5.94. The summed E-state index contributed by atoms with van der Waals surface area (Å²) in [4.78, 5) is 2.43. The molecule has 0 bridgehead atoms. The van der Waals surface area contributed by atoms with Crippen molar-refractivity contribution >= 4 is 0 Å². The lowest BCUT2D eigenvalue weighted by Crippen LogP contribution is -2.41. The van der Waals surface area contributed by atoms with Crippen molar-refractivity contribution in [2.45, 2.75) is 26.7 Å². The predicted octanol–water partition coefficient (Wildman–Crippen LogP) is 2.80. The van der Waals surface area contributed by atoms with Crippen LogP contribution in [-0.2, 0) is 0 Å². The number of hydrogen-bond donors (Lipinski definition) is 0. The summed E-state index contributed by atoms with van der Waals surface area (Å²) in [5.41, 5.74) is 0. The van der Waals surface area contributed by atoms with E-state index in [1.165, 1.54) is 13.0 Å². The molecule has 2 heteroatoms. The lowest BCUT2D eigenvalue weighted by molar-refractivity contribution is -0.861. The molecule has 0 fully saturated rings. The average molecular weight is 209 g/mol. The highest BCUT2D eigenvalue weighted by Gasteiger charge is 2.26. The summed E-state index contributed by atoms with van der Waals surface area (Å²) < 4.78 is 1.03. The molecule has 0 aliphatic carbocycles. The number of quaternary nitrogens is 1. The van der Waals surface area contributed by atoms with Gasteiger partial charge in [-0.15, -0.1) is 6.58 Å². The Hall–Kier alpha value is -0.760. The molecule has 1 unspecified atom stereocenters. The van der Waals surface area contributed by atoms with Gasteiger partial charge >= 0.3 is 0 Å². The Balaban J connectivity index is 2.32. The minimum atomic E-state index is 0.797. The lowest BCUT2D eigenvalue weighted by atomic mass is 10.1. The van der Waals surface area contributed by atoms with E-state index in [0.29, 0.717) is 0 Å². The molecular formula is C13H25N2+. The zero-order valence-corrected chi connectivity index (χ0v) is 10.4. The summed E-state index contributed by atoms with van der Waals surface area (Å²) in [5, 5.41) is 0. The van der Waals surface area contributed by atoms with Crippen molar-refractivity contribution in [3.8, 4) is 0 Å². The maximum atomic E-state index is 3.78. The van der Waals surface area contributed by atoms with Gasteiger partial charge in [-0.2, -0.15) is 0 Å². The Morgan fingerprint density at radius 2 is 2.27 bits per heavy atom. The molecule has 1 rings (SSSR count). The van der Waals surface area contributed by atoms with Crippen molar-refractivity contribution in [1.29, 1.82) is 0 Å². The van der Waals surface area contributed by atoms with Gasteiger partial charge in [-0.3, -0.25) is 4.48 Å². The maximum absolute atomic E-state index is 3.78. The van der Waals surface area contributed by atoms with Crippen molar-refractivity contribution in [2.24, 2.45) is 5.92 Å². The van der Waals surface area contributed by atoms with Gasteiger partial charge in [-0.05, 0) is 12.3 Å². The lowest BCUT2D eigenvalue weighted by Gasteiger charge is -2.28. The van der Waals surface area contributed by atoms with E-state index in [1.54, 1.807) is 0 Å². The quantitative estimate of drug-likeness (QED) is 0.480. The SMILES string of the molecule is C=CCC[N+]1(C)C=CN(CCC(C)C)C1. The molecule has 0 aromatic rings. The third kappa shape index (κ3) is 4.08. The van der Waals surface area contributed by atoms with Crippen LogP contribution in [-0.4, -0.2) is 36.2 Å². The van der Waals surface area contributed by atoms with Crippen LogP contribution in [0.4, 0.5) is 0 Å². The van der Waals surface area contributed by atoms with E-state index in [4.69, 9.17) is 0 Å². The van der Waals surface area contributed by atoms with E-state index >= 15 is 0 Å². The third-order valence-corrected chi connectivity index (χ3v) is 2.98. The topological polar surface area (TPSA) is 3.24 Å². The van der Waals surface area contributed by atoms with Crippen LogP contribution in [0, 0.1) is 5.92 Å². The maximum Gasteiger partial charge on any atom is 0.158 e. The highest BCUT2D eigenvalue weighted by Crippen LogP contribution is 2.17. The van der Waals surface area contributed by atoms with Crippen molar-refractivity contribution < 1.29 is 4.48 Å². The predicted molar refractivity (Wildman–Crippen MR) is 66.0 cm³/mol. The van der Waals surface area contributed by atoms with E-state index in [2.05, 4.69) is 44.8 Å². The van der Waals surface area contributed by atoms with Gasteiger partial charge in [0.15, 0.2) is 6.67 Å². The van der Waals surface area contributed by atoms with Crippen molar-refractivity contribution in [3.63, 3.8) is 0 Å². The molecule has 0 amide bonds. The van der Waals surface area contributed by atoms with E-state index in [1.807, 2.05) is 6.08 Å². The molecule has 1 aliphatic rings. The standard InChI is InChI=1S/C13H25N2/c1-5-6-10-15(4)11-9-14(12-15)8-7-13(2)3/h5,9,11,13H,1,6-8,10,12H2,2-4H3/q+1. The smallest absolute Gasteiger partial charge is 0.158 e. The largest absolute Gasteiger partial charge is 0.326 e. The molecule has 0 spiro atoms. The summed E-state index contributed by atoms with van der Waals surface area (Å²) >= 11 is 0. The van der Waals surface area contributed by atoms with Crippen molar-refractivity contribution in [1.82, 2.24) is 4.90 Å². The monoisotopic (exact) mass is 209 g/mol. The molecule has 86 valence electrons. The number of hydrogen-bond acceptors (Lipinski definition) is 1. The van der Waals surface area contributed by atoms with Gasteiger partial charge in [-0.25, -0.2) is 0 Å². The molecule has 1 aliphatic heterocycles. The second-order valence-electron chi connectivity index (χ2n) is 5.21. The Morgan fingerprint density at radius 3 is 2.87 bits per heavy atom. The van der Waals surface area contributed by atoms with Crippen LogP contribution >= 0.6 is 0 Å². The van der Waals surface area contributed by atoms with Crippen LogP contribution < -0.4 is 0 Å². The summed E-state index contributed by atoms with van der Waals surface area (Å²) in [6, 6.07) is 0. The molecule has 0 radical (unpaired) electrons. The summed E-state index contributed by atoms with van der Waals surface area (Å²) in [7, 11) is 2.29. The molecule has 0 aromatic heterocycles. The van der Waals surface area contributed by atoms with Crippen LogP contribution in [0.5, 0.6) is 0 Å². The first-order chi connectivity index (χ1) is 7.06. The summed E-state index contributed by atoms with van der Waals surface area (Å²) in [5.74, 6) is 0.797. The van der Waals surface area contributed by atoms with Gasteiger partial charge in [0.2, 0.25) is 0 Å². The molecule has 1 heterocycles. The molecule has 0 saturated heterocycles. The summed E-state index contributed by atoms with van der Waals surface area (Å²) in [6.07, 6.45) is 8.95. The second kappa shape index (κ2) is 5.36. The minimum absolute atomic E-state index is 0.797. The molecule has 0 saturated carbocycles.